The Hall–Kier alpha value is -1.32. The monoisotopic (exact) mass is 213 g/mol. The van der Waals surface area contributed by atoms with Crippen LogP contribution in [0.25, 0.3) is 0 Å². The number of nitrogens with one attached hydrogen (secondary N) is 1. The second-order valence-corrected chi connectivity index (χ2v) is 4.14. The van der Waals surface area contributed by atoms with E-state index in [-0.39, 0.29) is 0 Å². The Kier molecular flexibility index (Phi) is 6.42. The lowest BCUT2D eigenvalue weighted by Gasteiger charge is -2.19. The van der Waals surface area contributed by atoms with Gasteiger partial charge in [-0.25, -0.2) is 4.79 Å². The normalized spacial score (nSPS) is 11.4. The first-order chi connectivity index (χ1) is 6.95. The van der Waals surface area contributed by atoms with Crippen molar-refractivity contribution in [2.24, 2.45) is 0 Å². The predicted molar refractivity (Wildman–Crippen MR) is 58.7 cm³/mol. The third-order valence-corrected chi connectivity index (χ3v) is 1.43. The van der Waals surface area contributed by atoms with Gasteiger partial charge in [0.05, 0.1) is 0 Å². The fourth-order valence-electron chi connectivity index (χ4n) is 0.876. The molecule has 0 radical (unpaired) electrons. The van der Waals surface area contributed by atoms with Gasteiger partial charge in [0.2, 0.25) is 0 Å². The fraction of sp³-hybridized carbons (Fsp3) is 0.636. The highest BCUT2D eigenvalue weighted by molar-refractivity contribution is 5.67. The van der Waals surface area contributed by atoms with Crippen molar-refractivity contribution in [1.29, 1.82) is 0 Å². The Bertz CT molecular complexity index is 228. The molecule has 0 saturated carbocycles. The maximum atomic E-state index is 11.1. The van der Waals surface area contributed by atoms with Gasteiger partial charge in [-0.2, -0.15) is 0 Å². The summed E-state index contributed by atoms with van der Waals surface area (Å²) in [7, 11) is 0. The number of amides is 1. The van der Waals surface area contributed by atoms with Crippen molar-refractivity contribution in [3.8, 4) is 0 Å². The summed E-state index contributed by atoms with van der Waals surface area (Å²) in [5.74, 6) is 0. The maximum Gasteiger partial charge on any atom is 0.407 e. The van der Waals surface area contributed by atoms with E-state index in [1.54, 1.807) is 6.08 Å². The molecule has 0 bridgehead atoms. The van der Waals surface area contributed by atoms with Crippen LogP contribution in [0.15, 0.2) is 12.2 Å². The summed E-state index contributed by atoms with van der Waals surface area (Å²) in [4.78, 5) is 21.1. The third kappa shape index (κ3) is 10.6. The van der Waals surface area contributed by atoms with E-state index >= 15 is 0 Å². The van der Waals surface area contributed by atoms with Crippen molar-refractivity contribution >= 4 is 12.4 Å². The number of allylic oxidation sites excluding steroid dienone is 2. The summed E-state index contributed by atoms with van der Waals surface area (Å²) in [5.41, 5.74) is -0.457. The van der Waals surface area contributed by atoms with E-state index in [9.17, 15) is 9.59 Å². The number of aldehydes is 1. The average molecular weight is 213 g/mol. The summed E-state index contributed by atoms with van der Waals surface area (Å²) in [5, 5.41) is 2.63. The van der Waals surface area contributed by atoms with Crippen molar-refractivity contribution in [2.45, 2.75) is 39.2 Å². The molecule has 15 heavy (non-hydrogen) atoms. The molecule has 86 valence electrons. The van der Waals surface area contributed by atoms with E-state index in [4.69, 9.17) is 4.74 Å². The Labute approximate surface area is 90.7 Å². The van der Waals surface area contributed by atoms with Gasteiger partial charge in [0.1, 0.15) is 11.9 Å². The van der Waals surface area contributed by atoms with Crippen molar-refractivity contribution < 1.29 is 14.3 Å². The van der Waals surface area contributed by atoms with Crippen LogP contribution in [0.5, 0.6) is 0 Å². The highest BCUT2D eigenvalue weighted by Crippen LogP contribution is 2.06. The first kappa shape index (κ1) is 13.7. The molecule has 4 heteroatoms. The van der Waals surface area contributed by atoms with E-state index < -0.39 is 11.7 Å². The van der Waals surface area contributed by atoms with Gasteiger partial charge in [-0.3, -0.25) is 4.79 Å². The van der Waals surface area contributed by atoms with Gasteiger partial charge in [-0.05, 0) is 39.7 Å². The molecule has 0 aliphatic rings. The number of unbranched alkanes of at least 4 members (excludes halogenated alkanes) is 1. The summed E-state index contributed by atoms with van der Waals surface area (Å²) in [6, 6.07) is 0. The molecule has 0 saturated heterocycles. The minimum absolute atomic E-state index is 0.401. The Morgan fingerprint density at radius 2 is 2.07 bits per heavy atom. The smallest absolute Gasteiger partial charge is 0.407 e. The van der Waals surface area contributed by atoms with E-state index in [1.807, 2.05) is 20.8 Å². The zero-order valence-corrected chi connectivity index (χ0v) is 9.58. The first-order valence-electron chi connectivity index (χ1n) is 5.03. The molecule has 0 aromatic carbocycles. The zero-order valence-electron chi connectivity index (χ0n) is 9.58. The molecule has 1 amide bonds. The van der Waals surface area contributed by atoms with Crippen molar-refractivity contribution in [3.05, 3.63) is 12.2 Å². The number of carbonyl (C=O) groups excluding carboxylic acids is 2. The lowest BCUT2D eigenvalue weighted by atomic mass is 10.2. The zero-order chi connectivity index (χ0) is 11.7. The van der Waals surface area contributed by atoms with E-state index in [2.05, 4.69) is 5.32 Å². The number of hydrogen-bond acceptors (Lipinski definition) is 3. The molecular weight excluding hydrogens is 194 g/mol. The number of ether oxygens (including phenoxy) is 1. The van der Waals surface area contributed by atoms with Gasteiger partial charge >= 0.3 is 6.09 Å². The summed E-state index contributed by atoms with van der Waals surface area (Å²) in [6.45, 7) is 6.01. The van der Waals surface area contributed by atoms with Gasteiger partial charge in [0, 0.05) is 6.54 Å². The molecule has 0 aliphatic carbocycles. The van der Waals surface area contributed by atoms with Gasteiger partial charge in [-0.1, -0.05) is 6.08 Å². The molecule has 0 unspecified atom stereocenters. The van der Waals surface area contributed by atoms with E-state index in [0.29, 0.717) is 6.54 Å². The Morgan fingerprint density at radius 3 is 2.60 bits per heavy atom. The van der Waals surface area contributed by atoms with Crippen molar-refractivity contribution in [1.82, 2.24) is 5.32 Å². The number of alkyl carbamates (subject to hydrolysis) is 1. The molecule has 4 nitrogen and oxygen atoms in total. The topological polar surface area (TPSA) is 55.4 Å². The molecule has 0 aromatic heterocycles. The molecule has 0 heterocycles. The Morgan fingerprint density at radius 1 is 1.40 bits per heavy atom. The second-order valence-electron chi connectivity index (χ2n) is 4.14. The maximum absolute atomic E-state index is 11.1. The van der Waals surface area contributed by atoms with Gasteiger partial charge < -0.3 is 10.1 Å². The lowest BCUT2D eigenvalue weighted by Crippen LogP contribution is -2.32. The van der Waals surface area contributed by atoms with Gasteiger partial charge in [0.15, 0.2) is 0 Å². The van der Waals surface area contributed by atoms with Crippen LogP contribution in [0.4, 0.5) is 4.79 Å². The number of hydrogen-bond donors (Lipinski definition) is 1. The van der Waals surface area contributed by atoms with Crippen LogP contribution in [0.3, 0.4) is 0 Å². The summed E-state index contributed by atoms with van der Waals surface area (Å²) >= 11 is 0. The van der Waals surface area contributed by atoms with Gasteiger partial charge in [0.25, 0.3) is 0 Å². The van der Waals surface area contributed by atoms with Gasteiger partial charge in [-0.15, -0.1) is 0 Å². The molecule has 0 fully saturated rings. The van der Waals surface area contributed by atoms with Crippen LogP contribution in [-0.2, 0) is 9.53 Å². The van der Waals surface area contributed by atoms with Crippen LogP contribution in [0.1, 0.15) is 33.6 Å². The van der Waals surface area contributed by atoms with Crippen molar-refractivity contribution in [2.75, 3.05) is 6.54 Å². The minimum atomic E-state index is -0.457. The van der Waals surface area contributed by atoms with E-state index in [0.717, 1.165) is 19.1 Å². The molecule has 0 spiro atoms. The first-order valence-corrected chi connectivity index (χ1v) is 5.03. The molecule has 0 aromatic rings. The summed E-state index contributed by atoms with van der Waals surface area (Å²) < 4.78 is 5.04. The van der Waals surface area contributed by atoms with Crippen LogP contribution in [0.2, 0.25) is 0 Å². The van der Waals surface area contributed by atoms with Crippen LogP contribution in [-0.4, -0.2) is 24.5 Å². The average Bonchev–Trinajstić information content (AvgIpc) is 2.08. The highest BCUT2D eigenvalue weighted by Gasteiger charge is 2.15. The summed E-state index contributed by atoms with van der Waals surface area (Å²) in [6.07, 6.45) is 5.12. The number of rotatable bonds is 5. The standard InChI is InChI=1S/C11H19NO3/c1-11(2,3)15-10(14)12-8-6-4-5-7-9-13/h5,7,9H,4,6,8H2,1-3H3,(H,12,14)/b7-5+. The molecule has 0 atom stereocenters. The molecular formula is C11H19NO3. The molecule has 1 N–H and O–H groups in total. The SMILES string of the molecule is CC(C)(C)OC(=O)NCCC/C=C/C=O. The number of carbonyl (C=O) groups is 2. The molecule has 0 aliphatic heterocycles. The largest absolute Gasteiger partial charge is 0.444 e. The second kappa shape index (κ2) is 7.04. The van der Waals surface area contributed by atoms with Crippen LogP contribution in [0, 0.1) is 0 Å². The van der Waals surface area contributed by atoms with E-state index in [1.165, 1.54) is 6.08 Å². The lowest BCUT2D eigenvalue weighted by molar-refractivity contribution is -0.104. The highest BCUT2D eigenvalue weighted by atomic mass is 16.6. The fourth-order valence-corrected chi connectivity index (χ4v) is 0.876. The third-order valence-electron chi connectivity index (χ3n) is 1.43. The van der Waals surface area contributed by atoms with Crippen LogP contribution >= 0.6 is 0 Å². The minimum Gasteiger partial charge on any atom is -0.444 e. The Balaban J connectivity index is 3.48. The van der Waals surface area contributed by atoms with Crippen LogP contribution < -0.4 is 5.32 Å². The predicted octanol–water partition coefficient (Wildman–Crippen LogP) is 2.05. The molecule has 0 rings (SSSR count). The quantitative estimate of drug-likeness (QED) is 0.432. The van der Waals surface area contributed by atoms with Crippen molar-refractivity contribution in [3.63, 3.8) is 0 Å².